The predicted octanol–water partition coefficient (Wildman–Crippen LogP) is 0.114. The lowest BCUT2D eigenvalue weighted by molar-refractivity contribution is 0.189. The molecule has 3 N–H and O–H groups in total. The molecule has 15 heavy (non-hydrogen) atoms. The van der Waals surface area contributed by atoms with E-state index >= 15 is 0 Å². The Morgan fingerprint density at radius 3 is 3.00 bits per heavy atom. The molecule has 0 aliphatic heterocycles. The maximum absolute atomic E-state index is 8.85. The van der Waals surface area contributed by atoms with Crippen molar-refractivity contribution in [1.29, 1.82) is 0 Å². The highest BCUT2D eigenvalue weighted by Crippen LogP contribution is 2.06. The molecule has 1 rings (SSSR count). The Balaban J connectivity index is 2.52. The van der Waals surface area contributed by atoms with E-state index < -0.39 is 0 Å². The molecule has 0 unspecified atom stereocenters. The summed E-state index contributed by atoms with van der Waals surface area (Å²) in [5.74, 6) is 0.755. The predicted molar refractivity (Wildman–Crippen MR) is 57.0 cm³/mol. The van der Waals surface area contributed by atoms with Crippen molar-refractivity contribution < 1.29 is 9.63 Å². The minimum absolute atomic E-state index is 0.117. The number of nitrogens with zero attached hydrogens (tertiary/aromatic N) is 2. The average Bonchev–Trinajstić information content (AvgIpc) is 2.66. The summed E-state index contributed by atoms with van der Waals surface area (Å²) >= 11 is 0. The zero-order valence-corrected chi connectivity index (χ0v) is 8.72. The largest absolute Gasteiger partial charge is 0.395 e. The Morgan fingerprint density at radius 2 is 2.47 bits per heavy atom. The van der Waals surface area contributed by atoms with E-state index in [4.69, 9.17) is 15.4 Å². The van der Waals surface area contributed by atoms with Gasteiger partial charge < -0.3 is 15.4 Å². The van der Waals surface area contributed by atoms with Gasteiger partial charge in [0.15, 0.2) is 5.76 Å². The van der Waals surface area contributed by atoms with Crippen molar-refractivity contribution in [3.8, 4) is 0 Å². The third kappa shape index (κ3) is 3.83. The van der Waals surface area contributed by atoms with Crippen molar-refractivity contribution in [1.82, 2.24) is 10.1 Å². The van der Waals surface area contributed by atoms with Crippen LogP contribution in [0.4, 0.5) is 0 Å². The maximum Gasteiger partial charge on any atom is 0.151 e. The second-order valence-corrected chi connectivity index (χ2v) is 3.24. The summed E-state index contributed by atoms with van der Waals surface area (Å²) in [5.41, 5.74) is 6.16. The van der Waals surface area contributed by atoms with E-state index in [-0.39, 0.29) is 6.61 Å². The van der Waals surface area contributed by atoms with Crippen LogP contribution in [-0.2, 0) is 13.1 Å². The summed E-state index contributed by atoms with van der Waals surface area (Å²) in [6, 6.07) is 1.83. The summed E-state index contributed by atoms with van der Waals surface area (Å²) in [7, 11) is 0. The van der Waals surface area contributed by atoms with Gasteiger partial charge in [-0.3, -0.25) is 4.90 Å². The lowest BCUT2D eigenvalue weighted by Gasteiger charge is -2.16. The summed E-state index contributed by atoms with van der Waals surface area (Å²) < 4.78 is 5.09. The molecule has 0 amide bonds. The first-order valence-corrected chi connectivity index (χ1v) is 4.88. The minimum Gasteiger partial charge on any atom is -0.395 e. The van der Waals surface area contributed by atoms with Gasteiger partial charge in [0.1, 0.15) is 0 Å². The SMILES string of the molecule is C=CCN(CCO)Cc1cc(CN)no1. The van der Waals surface area contributed by atoms with Crippen LogP contribution in [0.15, 0.2) is 23.2 Å². The van der Waals surface area contributed by atoms with Crippen LogP contribution in [0.1, 0.15) is 11.5 Å². The van der Waals surface area contributed by atoms with E-state index in [1.54, 1.807) is 6.08 Å². The summed E-state index contributed by atoms with van der Waals surface area (Å²) in [6.07, 6.45) is 1.79. The Bertz CT molecular complexity index is 299. The standard InChI is InChI=1S/C10H17N3O2/c1-2-3-13(4-5-14)8-10-6-9(7-11)12-15-10/h2,6,14H,1,3-5,7-8,11H2. The third-order valence-electron chi connectivity index (χ3n) is 2.00. The molecule has 0 spiro atoms. The summed E-state index contributed by atoms with van der Waals surface area (Å²) in [6.45, 7) is 6.06. The number of rotatable bonds is 7. The molecule has 0 aliphatic carbocycles. The van der Waals surface area contributed by atoms with Crippen molar-refractivity contribution in [2.75, 3.05) is 19.7 Å². The Labute approximate surface area is 89.2 Å². The van der Waals surface area contributed by atoms with Crippen molar-refractivity contribution in [3.63, 3.8) is 0 Å². The van der Waals surface area contributed by atoms with Crippen LogP contribution in [0.25, 0.3) is 0 Å². The first-order chi connectivity index (χ1) is 7.30. The number of hydrogen-bond donors (Lipinski definition) is 2. The van der Waals surface area contributed by atoms with E-state index in [0.717, 1.165) is 11.5 Å². The van der Waals surface area contributed by atoms with Crippen molar-refractivity contribution >= 4 is 0 Å². The lowest BCUT2D eigenvalue weighted by atomic mass is 10.3. The molecule has 0 bridgehead atoms. The number of hydrogen-bond acceptors (Lipinski definition) is 5. The van der Waals surface area contributed by atoms with Gasteiger partial charge in [-0.2, -0.15) is 0 Å². The highest BCUT2D eigenvalue weighted by atomic mass is 16.5. The van der Waals surface area contributed by atoms with Gasteiger partial charge in [-0.15, -0.1) is 6.58 Å². The lowest BCUT2D eigenvalue weighted by Crippen LogP contribution is -2.26. The van der Waals surface area contributed by atoms with E-state index in [9.17, 15) is 0 Å². The van der Waals surface area contributed by atoms with E-state index in [1.807, 2.05) is 11.0 Å². The Morgan fingerprint density at radius 1 is 1.67 bits per heavy atom. The molecule has 84 valence electrons. The van der Waals surface area contributed by atoms with Crippen LogP contribution in [-0.4, -0.2) is 34.9 Å². The molecular formula is C10H17N3O2. The first-order valence-electron chi connectivity index (χ1n) is 4.88. The quantitative estimate of drug-likeness (QED) is 0.626. The zero-order valence-electron chi connectivity index (χ0n) is 8.72. The van der Waals surface area contributed by atoms with Gasteiger partial charge in [0.2, 0.25) is 0 Å². The van der Waals surface area contributed by atoms with Gasteiger partial charge in [0, 0.05) is 25.7 Å². The van der Waals surface area contributed by atoms with Crippen LogP contribution in [0.3, 0.4) is 0 Å². The molecule has 5 heteroatoms. The van der Waals surface area contributed by atoms with Gasteiger partial charge >= 0.3 is 0 Å². The molecule has 0 atom stereocenters. The second kappa shape index (κ2) is 6.34. The summed E-state index contributed by atoms with van der Waals surface area (Å²) in [5, 5.41) is 12.6. The molecule has 0 radical (unpaired) electrons. The van der Waals surface area contributed by atoms with Crippen molar-refractivity contribution in [2.45, 2.75) is 13.1 Å². The molecule has 0 fully saturated rings. The fourth-order valence-corrected chi connectivity index (χ4v) is 1.31. The highest BCUT2D eigenvalue weighted by Gasteiger charge is 2.08. The number of aliphatic hydroxyl groups excluding tert-OH is 1. The molecule has 0 aliphatic rings. The Hall–Kier alpha value is -1.17. The van der Waals surface area contributed by atoms with Gasteiger partial charge in [0.05, 0.1) is 18.8 Å². The van der Waals surface area contributed by atoms with Crippen LogP contribution < -0.4 is 5.73 Å². The summed E-state index contributed by atoms with van der Waals surface area (Å²) in [4.78, 5) is 2.01. The van der Waals surface area contributed by atoms with E-state index in [1.165, 1.54) is 0 Å². The average molecular weight is 211 g/mol. The first kappa shape index (κ1) is 11.9. The Kier molecular flexibility index (Phi) is 5.03. The zero-order chi connectivity index (χ0) is 11.1. The van der Waals surface area contributed by atoms with Crippen LogP contribution in [0.5, 0.6) is 0 Å². The molecule has 1 aromatic heterocycles. The monoisotopic (exact) mass is 211 g/mol. The molecule has 5 nitrogen and oxygen atoms in total. The molecule has 0 saturated carbocycles. The van der Waals surface area contributed by atoms with Crippen LogP contribution >= 0.6 is 0 Å². The van der Waals surface area contributed by atoms with Gasteiger partial charge in [-0.05, 0) is 0 Å². The third-order valence-corrected chi connectivity index (χ3v) is 2.00. The fourth-order valence-electron chi connectivity index (χ4n) is 1.31. The van der Waals surface area contributed by atoms with E-state index in [2.05, 4.69) is 11.7 Å². The van der Waals surface area contributed by atoms with Gasteiger partial charge in [-0.25, -0.2) is 0 Å². The molecule has 0 saturated heterocycles. The smallest absolute Gasteiger partial charge is 0.151 e. The molecule has 1 heterocycles. The number of aliphatic hydroxyl groups is 1. The topological polar surface area (TPSA) is 75.5 Å². The van der Waals surface area contributed by atoms with Crippen LogP contribution in [0.2, 0.25) is 0 Å². The van der Waals surface area contributed by atoms with Gasteiger partial charge in [0.25, 0.3) is 0 Å². The second-order valence-electron chi connectivity index (χ2n) is 3.24. The maximum atomic E-state index is 8.85. The molecule has 0 aromatic carbocycles. The fraction of sp³-hybridized carbons (Fsp3) is 0.500. The molecule has 1 aromatic rings. The van der Waals surface area contributed by atoms with E-state index in [0.29, 0.717) is 26.2 Å². The minimum atomic E-state index is 0.117. The molecular weight excluding hydrogens is 194 g/mol. The number of nitrogens with two attached hydrogens (primary N) is 1. The van der Waals surface area contributed by atoms with Crippen molar-refractivity contribution in [2.24, 2.45) is 5.73 Å². The highest BCUT2D eigenvalue weighted by molar-refractivity contribution is 5.04. The normalized spacial score (nSPS) is 10.9. The van der Waals surface area contributed by atoms with Crippen molar-refractivity contribution in [3.05, 3.63) is 30.2 Å². The number of aromatic nitrogens is 1. The van der Waals surface area contributed by atoms with Gasteiger partial charge in [-0.1, -0.05) is 11.2 Å². The van der Waals surface area contributed by atoms with Crippen LogP contribution in [0, 0.1) is 0 Å².